The topological polar surface area (TPSA) is 60.4 Å². The second kappa shape index (κ2) is 6.85. The SMILES string of the molecule is COc1cc2c(cc1OC)[C@H]1Cc3cc(O)c(OC)c(OC)c3CN1CC2. The molecule has 0 aliphatic carbocycles. The standard InChI is InChI=1S/C21H25NO5/c1-24-18-9-12-5-6-22-11-15-13(7-16(22)14(12)10-19(18)25-2)8-17(23)21(27-4)20(15)26-3/h8-10,16,23H,5-7,11H2,1-4H3/t16-/m1/s1. The molecule has 0 saturated heterocycles. The maximum absolute atomic E-state index is 10.4. The molecule has 0 radical (unpaired) electrons. The minimum absolute atomic E-state index is 0.116. The van der Waals surface area contributed by atoms with E-state index in [2.05, 4.69) is 17.0 Å². The molecule has 0 bridgehead atoms. The summed E-state index contributed by atoms with van der Waals surface area (Å²) in [5.74, 6) is 2.66. The molecule has 0 spiro atoms. The van der Waals surface area contributed by atoms with Crippen molar-refractivity contribution in [2.75, 3.05) is 35.0 Å². The van der Waals surface area contributed by atoms with Gasteiger partial charge in [-0.15, -0.1) is 0 Å². The predicted molar refractivity (Wildman–Crippen MR) is 101 cm³/mol. The fourth-order valence-electron chi connectivity index (χ4n) is 4.41. The van der Waals surface area contributed by atoms with Gasteiger partial charge >= 0.3 is 0 Å². The van der Waals surface area contributed by atoms with Gasteiger partial charge in [0.25, 0.3) is 0 Å². The molecule has 0 unspecified atom stereocenters. The molecule has 6 nitrogen and oxygen atoms in total. The molecule has 2 heterocycles. The number of ether oxygens (including phenoxy) is 4. The quantitative estimate of drug-likeness (QED) is 0.891. The third-order valence-electron chi connectivity index (χ3n) is 5.71. The fourth-order valence-corrected chi connectivity index (χ4v) is 4.41. The Kier molecular flexibility index (Phi) is 4.52. The summed E-state index contributed by atoms with van der Waals surface area (Å²) in [6, 6.07) is 6.23. The Morgan fingerprint density at radius 2 is 1.59 bits per heavy atom. The molecule has 1 atom stereocenters. The summed E-state index contributed by atoms with van der Waals surface area (Å²) in [5.41, 5.74) is 4.74. The normalized spacial score (nSPS) is 18.1. The number of phenols is 1. The van der Waals surface area contributed by atoms with Crippen LogP contribution in [-0.4, -0.2) is 45.0 Å². The lowest BCUT2D eigenvalue weighted by Crippen LogP contribution is -2.39. The lowest BCUT2D eigenvalue weighted by Gasteiger charge is -2.42. The molecule has 27 heavy (non-hydrogen) atoms. The maximum atomic E-state index is 10.4. The Morgan fingerprint density at radius 1 is 0.889 bits per heavy atom. The smallest absolute Gasteiger partial charge is 0.203 e. The van der Waals surface area contributed by atoms with E-state index in [1.165, 1.54) is 11.1 Å². The van der Waals surface area contributed by atoms with E-state index < -0.39 is 0 Å². The first kappa shape index (κ1) is 17.8. The average molecular weight is 371 g/mol. The van der Waals surface area contributed by atoms with Crippen LogP contribution in [0.4, 0.5) is 0 Å². The van der Waals surface area contributed by atoms with Gasteiger partial charge < -0.3 is 24.1 Å². The number of phenolic OH excluding ortho intramolecular Hbond substituents is 1. The van der Waals surface area contributed by atoms with Crippen LogP contribution in [0.5, 0.6) is 28.7 Å². The molecule has 2 aliphatic rings. The number of rotatable bonds is 4. The van der Waals surface area contributed by atoms with Crippen molar-refractivity contribution < 1.29 is 24.1 Å². The highest BCUT2D eigenvalue weighted by molar-refractivity contribution is 5.60. The first-order valence-electron chi connectivity index (χ1n) is 9.05. The van der Waals surface area contributed by atoms with Crippen LogP contribution in [0.2, 0.25) is 0 Å². The van der Waals surface area contributed by atoms with Gasteiger partial charge in [-0.3, -0.25) is 4.90 Å². The molecule has 4 rings (SSSR count). The Labute approximate surface area is 159 Å². The Morgan fingerprint density at radius 3 is 2.26 bits per heavy atom. The first-order chi connectivity index (χ1) is 13.1. The first-order valence-corrected chi connectivity index (χ1v) is 9.05. The predicted octanol–water partition coefficient (Wildman–Crippen LogP) is 3.08. The monoisotopic (exact) mass is 371 g/mol. The summed E-state index contributed by atoms with van der Waals surface area (Å²) in [4.78, 5) is 2.45. The van der Waals surface area contributed by atoms with Crippen LogP contribution in [0.1, 0.15) is 28.3 Å². The second-order valence-electron chi connectivity index (χ2n) is 6.95. The van der Waals surface area contributed by atoms with Crippen molar-refractivity contribution in [2.24, 2.45) is 0 Å². The number of hydrogen-bond acceptors (Lipinski definition) is 6. The van der Waals surface area contributed by atoms with Crippen molar-refractivity contribution >= 4 is 0 Å². The van der Waals surface area contributed by atoms with E-state index >= 15 is 0 Å². The van der Waals surface area contributed by atoms with Crippen LogP contribution in [0.25, 0.3) is 0 Å². The Balaban J connectivity index is 1.79. The fraction of sp³-hybridized carbons (Fsp3) is 0.429. The van der Waals surface area contributed by atoms with Crippen LogP contribution in [0.3, 0.4) is 0 Å². The van der Waals surface area contributed by atoms with Gasteiger partial charge in [-0.2, -0.15) is 0 Å². The highest BCUT2D eigenvalue weighted by Gasteiger charge is 2.35. The number of methoxy groups -OCH3 is 4. The van der Waals surface area contributed by atoms with Gasteiger partial charge in [-0.1, -0.05) is 0 Å². The Bertz CT molecular complexity index is 880. The van der Waals surface area contributed by atoms with Gasteiger partial charge in [-0.05, 0) is 47.7 Å². The molecule has 2 aromatic carbocycles. The van der Waals surface area contributed by atoms with Crippen LogP contribution in [0, 0.1) is 0 Å². The summed E-state index contributed by atoms with van der Waals surface area (Å²) in [6.45, 7) is 1.71. The van der Waals surface area contributed by atoms with E-state index in [0.29, 0.717) is 11.5 Å². The molecular weight excluding hydrogens is 346 g/mol. The van der Waals surface area contributed by atoms with Crippen LogP contribution in [0.15, 0.2) is 18.2 Å². The van der Waals surface area contributed by atoms with Gasteiger partial charge in [0, 0.05) is 24.7 Å². The molecule has 0 amide bonds. The summed E-state index contributed by atoms with van der Waals surface area (Å²) in [7, 11) is 6.49. The van der Waals surface area contributed by atoms with Crippen molar-refractivity contribution in [3.63, 3.8) is 0 Å². The van der Waals surface area contributed by atoms with Gasteiger partial charge in [-0.25, -0.2) is 0 Å². The van der Waals surface area contributed by atoms with Crippen LogP contribution < -0.4 is 18.9 Å². The van der Waals surface area contributed by atoms with Gasteiger partial charge in [0.15, 0.2) is 23.0 Å². The summed E-state index contributed by atoms with van der Waals surface area (Å²) in [5, 5.41) is 10.4. The van der Waals surface area contributed by atoms with E-state index in [1.807, 2.05) is 6.07 Å². The minimum atomic E-state index is 0.116. The Hall–Kier alpha value is -2.60. The molecule has 144 valence electrons. The van der Waals surface area contributed by atoms with Crippen molar-refractivity contribution in [3.8, 4) is 28.7 Å². The highest BCUT2D eigenvalue weighted by atomic mass is 16.5. The van der Waals surface area contributed by atoms with Crippen molar-refractivity contribution in [3.05, 3.63) is 40.5 Å². The second-order valence-corrected chi connectivity index (χ2v) is 6.95. The van der Waals surface area contributed by atoms with Crippen LogP contribution >= 0.6 is 0 Å². The van der Waals surface area contributed by atoms with Crippen molar-refractivity contribution in [1.82, 2.24) is 4.90 Å². The average Bonchev–Trinajstić information content (AvgIpc) is 2.70. The third-order valence-corrected chi connectivity index (χ3v) is 5.71. The van der Waals surface area contributed by atoms with Crippen LogP contribution in [-0.2, 0) is 19.4 Å². The lowest BCUT2D eigenvalue weighted by atomic mass is 9.83. The molecule has 0 saturated carbocycles. The van der Waals surface area contributed by atoms with Gasteiger partial charge in [0.05, 0.1) is 28.4 Å². The summed E-state index contributed by atoms with van der Waals surface area (Å²) in [6.07, 6.45) is 1.75. The van der Waals surface area contributed by atoms with E-state index in [-0.39, 0.29) is 11.8 Å². The molecule has 2 aliphatic heterocycles. The number of benzene rings is 2. The number of aromatic hydroxyl groups is 1. The van der Waals surface area contributed by atoms with E-state index in [9.17, 15) is 5.11 Å². The minimum Gasteiger partial charge on any atom is -0.504 e. The molecule has 2 aromatic rings. The highest BCUT2D eigenvalue weighted by Crippen LogP contribution is 2.48. The molecule has 1 N–H and O–H groups in total. The van der Waals surface area contributed by atoms with E-state index in [4.69, 9.17) is 18.9 Å². The zero-order valence-corrected chi connectivity index (χ0v) is 16.2. The zero-order valence-electron chi connectivity index (χ0n) is 16.2. The largest absolute Gasteiger partial charge is 0.504 e. The van der Waals surface area contributed by atoms with Gasteiger partial charge in [0.1, 0.15) is 0 Å². The number of hydrogen-bond donors (Lipinski definition) is 1. The van der Waals surface area contributed by atoms with Gasteiger partial charge in [0.2, 0.25) is 5.75 Å². The summed E-state index contributed by atoms with van der Waals surface area (Å²) < 4.78 is 21.9. The number of fused-ring (bicyclic) bond motifs is 4. The van der Waals surface area contributed by atoms with E-state index in [0.717, 1.165) is 48.6 Å². The molecule has 0 fully saturated rings. The molecule has 6 heteroatoms. The molecular formula is C21H25NO5. The maximum Gasteiger partial charge on any atom is 0.203 e. The zero-order chi connectivity index (χ0) is 19.1. The van der Waals surface area contributed by atoms with Crippen molar-refractivity contribution in [2.45, 2.75) is 25.4 Å². The molecule has 0 aromatic heterocycles. The lowest BCUT2D eigenvalue weighted by molar-refractivity contribution is 0.156. The van der Waals surface area contributed by atoms with Crippen molar-refractivity contribution in [1.29, 1.82) is 0 Å². The summed E-state index contributed by atoms with van der Waals surface area (Å²) >= 11 is 0. The third kappa shape index (κ3) is 2.75. The number of nitrogens with zero attached hydrogens (tertiary/aromatic N) is 1. The van der Waals surface area contributed by atoms with E-state index in [1.54, 1.807) is 28.4 Å².